The number of carbonyl (C=O) groups is 2. The number of aliphatic carboxylic acids is 1. The van der Waals surface area contributed by atoms with Gasteiger partial charge in [0, 0.05) is 5.56 Å². The summed E-state index contributed by atoms with van der Waals surface area (Å²) in [6.07, 6.45) is -1.10. The number of hydrogen-bond acceptors (Lipinski definition) is 6. The largest absolute Gasteiger partial charge is 0.535 e. The minimum absolute atomic E-state index is 0.0356. The van der Waals surface area contributed by atoms with Crippen LogP contribution in [0.25, 0.3) is 0 Å². The summed E-state index contributed by atoms with van der Waals surface area (Å²) < 4.78 is 9.88. The van der Waals surface area contributed by atoms with E-state index in [0.29, 0.717) is 11.3 Å². The SMILES string of the molecule is COc1ccc(COC(=O)O/N=C(/C(=O)O)c2ccccc2)cc1. The van der Waals surface area contributed by atoms with Crippen molar-refractivity contribution in [3.63, 3.8) is 0 Å². The van der Waals surface area contributed by atoms with Crippen molar-refractivity contribution < 1.29 is 29.0 Å². The predicted molar refractivity (Wildman–Crippen MR) is 84.9 cm³/mol. The molecule has 0 atom stereocenters. The first-order valence-corrected chi connectivity index (χ1v) is 6.93. The first-order chi connectivity index (χ1) is 11.6. The molecule has 0 saturated carbocycles. The highest BCUT2D eigenvalue weighted by molar-refractivity contribution is 6.42. The fraction of sp³-hybridized carbons (Fsp3) is 0.118. The van der Waals surface area contributed by atoms with E-state index in [9.17, 15) is 9.59 Å². The number of nitrogens with zero attached hydrogens (tertiary/aromatic N) is 1. The van der Waals surface area contributed by atoms with E-state index in [2.05, 4.69) is 9.99 Å². The zero-order valence-electron chi connectivity index (χ0n) is 12.8. The van der Waals surface area contributed by atoms with Crippen molar-refractivity contribution >= 4 is 17.8 Å². The molecule has 7 nitrogen and oxygen atoms in total. The van der Waals surface area contributed by atoms with Gasteiger partial charge in [0.1, 0.15) is 12.4 Å². The number of carbonyl (C=O) groups excluding carboxylic acids is 1. The Kier molecular flexibility index (Phi) is 5.90. The molecule has 124 valence electrons. The van der Waals surface area contributed by atoms with E-state index in [-0.39, 0.29) is 6.61 Å². The molecule has 0 saturated heterocycles. The lowest BCUT2D eigenvalue weighted by molar-refractivity contribution is -0.129. The number of ether oxygens (including phenoxy) is 2. The average molecular weight is 329 g/mol. The Balaban J connectivity index is 1.93. The van der Waals surface area contributed by atoms with Gasteiger partial charge in [0.15, 0.2) is 5.71 Å². The molecule has 2 rings (SSSR count). The van der Waals surface area contributed by atoms with Crippen LogP contribution in [0.3, 0.4) is 0 Å². The molecule has 2 aromatic carbocycles. The molecule has 0 aliphatic carbocycles. The predicted octanol–water partition coefficient (Wildman–Crippen LogP) is 2.84. The Morgan fingerprint density at radius 3 is 2.29 bits per heavy atom. The molecule has 2 aromatic rings. The number of benzene rings is 2. The Labute approximate surface area is 138 Å². The van der Waals surface area contributed by atoms with E-state index >= 15 is 0 Å². The molecule has 0 unspecified atom stereocenters. The standard InChI is InChI=1S/C17H15NO6/c1-22-14-9-7-12(8-10-14)11-23-17(21)24-18-15(16(19)20)13-5-3-2-4-6-13/h2-10H,11H2,1H3,(H,19,20)/b18-15+. The molecule has 0 spiro atoms. The normalized spacial score (nSPS) is 10.8. The number of carboxylic acid groups (broad SMARTS) is 1. The van der Waals surface area contributed by atoms with Crippen molar-refractivity contribution in [2.75, 3.05) is 7.11 Å². The quantitative estimate of drug-likeness (QED) is 0.379. The van der Waals surface area contributed by atoms with Gasteiger partial charge >= 0.3 is 12.1 Å². The lowest BCUT2D eigenvalue weighted by Crippen LogP contribution is -2.16. The van der Waals surface area contributed by atoms with Gasteiger partial charge in [0.05, 0.1) is 7.11 Å². The lowest BCUT2D eigenvalue weighted by atomic mass is 10.1. The number of rotatable bonds is 6. The molecular weight excluding hydrogens is 314 g/mol. The van der Waals surface area contributed by atoms with E-state index in [4.69, 9.17) is 14.6 Å². The highest BCUT2D eigenvalue weighted by Gasteiger charge is 2.15. The van der Waals surface area contributed by atoms with Crippen LogP contribution in [0.4, 0.5) is 4.79 Å². The van der Waals surface area contributed by atoms with Gasteiger partial charge < -0.3 is 14.6 Å². The Hall–Kier alpha value is -3.35. The van der Waals surface area contributed by atoms with Gasteiger partial charge in [0.25, 0.3) is 0 Å². The number of carboxylic acids is 1. The molecule has 0 aliphatic rings. The van der Waals surface area contributed by atoms with Crippen LogP contribution >= 0.6 is 0 Å². The fourth-order valence-corrected chi connectivity index (χ4v) is 1.78. The van der Waals surface area contributed by atoms with E-state index in [1.165, 1.54) is 0 Å². The van der Waals surface area contributed by atoms with Crippen LogP contribution in [0.1, 0.15) is 11.1 Å². The molecule has 0 radical (unpaired) electrons. The molecule has 0 amide bonds. The minimum Gasteiger partial charge on any atom is -0.497 e. The highest BCUT2D eigenvalue weighted by atomic mass is 16.8. The summed E-state index contributed by atoms with van der Waals surface area (Å²) in [5, 5.41) is 12.5. The topological polar surface area (TPSA) is 94.4 Å². The monoisotopic (exact) mass is 329 g/mol. The zero-order valence-corrected chi connectivity index (χ0v) is 12.8. The molecule has 0 heterocycles. The number of methoxy groups -OCH3 is 1. The molecule has 0 bridgehead atoms. The Morgan fingerprint density at radius 1 is 1.04 bits per heavy atom. The maximum Gasteiger partial charge on any atom is 0.535 e. The summed E-state index contributed by atoms with van der Waals surface area (Å²) in [6, 6.07) is 15.0. The molecule has 0 fully saturated rings. The summed E-state index contributed by atoms with van der Waals surface area (Å²) in [5.74, 6) is -0.635. The van der Waals surface area contributed by atoms with Gasteiger partial charge in [-0.3, -0.25) is 4.84 Å². The van der Waals surface area contributed by atoms with Crippen molar-refractivity contribution in [1.82, 2.24) is 0 Å². The van der Waals surface area contributed by atoms with Crippen LogP contribution in [0.2, 0.25) is 0 Å². The first-order valence-electron chi connectivity index (χ1n) is 6.93. The second-order valence-corrected chi connectivity index (χ2v) is 4.59. The summed E-state index contributed by atoms with van der Waals surface area (Å²) in [4.78, 5) is 27.2. The van der Waals surface area contributed by atoms with E-state index < -0.39 is 17.8 Å². The molecule has 24 heavy (non-hydrogen) atoms. The van der Waals surface area contributed by atoms with E-state index in [0.717, 1.165) is 5.56 Å². The minimum atomic E-state index is -1.32. The van der Waals surface area contributed by atoms with Crippen molar-refractivity contribution in [2.24, 2.45) is 5.16 Å². The summed E-state index contributed by atoms with van der Waals surface area (Å²) in [6.45, 7) is -0.0356. The van der Waals surface area contributed by atoms with Crippen LogP contribution in [0.5, 0.6) is 5.75 Å². The molecule has 0 aromatic heterocycles. The zero-order chi connectivity index (χ0) is 17.4. The van der Waals surface area contributed by atoms with Gasteiger partial charge in [-0.05, 0) is 17.7 Å². The van der Waals surface area contributed by atoms with E-state index in [1.807, 2.05) is 0 Å². The van der Waals surface area contributed by atoms with Crippen molar-refractivity contribution in [1.29, 1.82) is 0 Å². The van der Waals surface area contributed by atoms with E-state index in [1.54, 1.807) is 61.7 Å². The number of hydrogen-bond donors (Lipinski definition) is 1. The highest BCUT2D eigenvalue weighted by Crippen LogP contribution is 2.12. The molecule has 1 N–H and O–H groups in total. The Morgan fingerprint density at radius 2 is 1.71 bits per heavy atom. The average Bonchev–Trinajstić information content (AvgIpc) is 2.61. The van der Waals surface area contributed by atoms with Crippen molar-refractivity contribution in [2.45, 2.75) is 6.61 Å². The number of oxime groups is 1. The smallest absolute Gasteiger partial charge is 0.497 e. The third-order valence-electron chi connectivity index (χ3n) is 2.98. The first kappa shape index (κ1) is 17.0. The van der Waals surface area contributed by atoms with Gasteiger partial charge in [-0.15, -0.1) is 0 Å². The lowest BCUT2D eigenvalue weighted by Gasteiger charge is -2.05. The third-order valence-corrected chi connectivity index (χ3v) is 2.98. The molecular formula is C17H15NO6. The van der Waals surface area contributed by atoms with Crippen molar-refractivity contribution in [3.05, 3.63) is 65.7 Å². The van der Waals surface area contributed by atoms with Crippen LogP contribution in [0, 0.1) is 0 Å². The maximum atomic E-state index is 11.5. The van der Waals surface area contributed by atoms with Gasteiger partial charge in [-0.1, -0.05) is 47.6 Å². The van der Waals surface area contributed by atoms with Crippen LogP contribution in [0.15, 0.2) is 59.8 Å². The summed E-state index contributed by atoms with van der Waals surface area (Å²) in [5.41, 5.74) is 0.642. The van der Waals surface area contributed by atoms with Crippen LogP contribution in [-0.4, -0.2) is 30.1 Å². The van der Waals surface area contributed by atoms with Gasteiger partial charge in [-0.2, -0.15) is 0 Å². The Bertz CT molecular complexity index is 725. The second kappa shape index (κ2) is 8.33. The van der Waals surface area contributed by atoms with Crippen LogP contribution in [-0.2, 0) is 21.0 Å². The van der Waals surface area contributed by atoms with Gasteiger partial charge in [-0.25, -0.2) is 9.59 Å². The second-order valence-electron chi connectivity index (χ2n) is 4.59. The maximum absolute atomic E-state index is 11.5. The molecule has 0 aliphatic heterocycles. The van der Waals surface area contributed by atoms with Gasteiger partial charge in [0.2, 0.25) is 0 Å². The molecule has 7 heteroatoms. The summed E-state index contributed by atoms with van der Waals surface area (Å²) >= 11 is 0. The summed E-state index contributed by atoms with van der Waals surface area (Å²) in [7, 11) is 1.55. The third kappa shape index (κ3) is 4.84. The fourth-order valence-electron chi connectivity index (χ4n) is 1.78. The van der Waals surface area contributed by atoms with Crippen molar-refractivity contribution in [3.8, 4) is 5.75 Å². The van der Waals surface area contributed by atoms with Crippen LogP contribution < -0.4 is 4.74 Å².